The normalized spacial score (nSPS) is 17.9. The lowest BCUT2D eigenvalue weighted by molar-refractivity contribution is -0.131. The molecule has 19 heavy (non-hydrogen) atoms. The van der Waals surface area contributed by atoms with E-state index in [9.17, 15) is 9.59 Å². The molecule has 0 saturated heterocycles. The Labute approximate surface area is 110 Å². The summed E-state index contributed by atoms with van der Waals surface area (Å²) in [6.07, 6.45) is -0.298. The van der Waals surface area contributed by atoms with Gasteiger partial charge in [0.15, 0.2) is 6.10 Å². The van der Waals surface area contributed by atoms with Gasteiger partial charge < -0.3 is 15.6 Å². The predicted molar refractivity (Wildman–Crippen MR) is 69.8 cm³/mol. The van der Waals surface area contributed by atoms with Gasteiger partial charge in [-0.15, -0.1) is 0 Å². The summed E-state index contributed by atoms with van der Waals surface area (Å²) in [5.74, 6) is -0.319. The van der Waals surface area contributed by atoms with E-state index in [1.807, 2.05) is 0 Å². The molecule has 0 bridgehead atoms. The van der Waals surface area contributed by atoms with E-state index in [0.717, 1.165) is 4.90 Å². The first-order chi connectivity index (χ1) is 9.04. The summed E-state index contributed by atoms with van der Waals surface area (Å²) < 4.78 is 5.44. The number of aliphatic hydroxyl groups is 1. The molecule has 2 rings (SSSR count). The van der Waals surface area contributed by atoms with Gasteiger partial charge in [0.2, 0.25) is 5.91 Å². The minimum absolute atomic E-state index is 0.0936. The molecule has 0 saturated carbocycles. The Morgan fingerprint density at radius 1 is 1.53 bits per heavy atom. The van der Waals surface area contributed by atoms with Crippen LogP contribution in [0.2, 0.25) is 0 Å². The highest BCUT2D eigenvalue weighted by Gasteiger charge is 2.35. The van der Waals surface area contributed by atoms with Gasteiger partial charge in [0.25, 0.3) is 5.91 Å². The summed E-state index contributed by atoms with van der Waals surface area (Å²) in [5, 5.41) is 8.77. The lowest BCUT2D eigenvalue weighted by atomic mass is 10.1. The second kappa shape index (κ2) is 5.27. The predicted octanol–water partition coefficient (Wildman–Crippen LogP) is 0.682. The number of carbonyl (C=O) groups is 2. The van der Waals surface area contributed by atoms with E-state index in [2.05, 4.69) is 0 Å². The van der Waals surface area contributed by atoms with Gasteiger partial charge in [0.1, 0.15) is 5.75 Å². The monoisotopic (exact) mass is 264 g/mol. The van der Waals surface area contributed by atoms with Crippen molar-refractivity contribution in [1.29, 1.82) is 0 Å². The standard InChI is InChI=1S/C13H16N2O4/c1-8-13(18)15(12(17)3-2-6-16)10-7-9(14)4-5-11(10)19-8/h4-5,7-8,16H,2-3,6,14H2,1H3. The molecule has 2 amide bonds. The van der Waals surface area contributed by atoms with Crippen molar-refractivity contribution in [2.24, 2.45) is 0 Å². The Hall–Kier alpha value is -2.08. The zero-order chi connectivity index (χ0) is 14.0. The molecule has 0 aliphatic carbocycles. The number of nitrogens with two attached hydrogens (primary N) is 1. The molecule has 0 aromatic heterocycles. The smallest absolute Gasteiger partial charge is 0.274 e. The molecule has 6 nitrogen and oxygen atoms in total. The molecular formula is C13H16N2O4. The number of ether oxygens (including phenoxy) is 1. The van der Waals surface area contributed by atoms with Crippen molar-refractivity contribution in [3.8, 4) is 5.75 Å². The van der Waals surface area contributed by atoms with Crippen molar-refractivity contribution in [2.75, 3.05) is 17.2 Å². The molecular weight excluding hydrogens is 248 g/mol. The summed E-state index contributed by atoms with van der Waals surface area (Å²) in [6.45, 7) is 1.50. The molecule has 102 valence electrons. The molecule has 0 fully saturated rings. The van der Waals surface area contributed by atoms with Crippen LogP contribution in [0.5, 0.6) is 5.75 Å². The van der Waals surface area contributed by atoms with Crippen LogP contribution in [0.4, 0.5) is 11.4 Å². The van der Waals surface area contributed by atoms with Crippen molar-refractivity contribution in [1.82, 2.24) is 0 Å². The Balaban J connectivity index is 2.38. The number of fused-ring (bicyclic) bond motifs is 1. The van der Waals surface area contributed by atoms with Gasteiger partial charge in [-0.2, -0.15) is 0 Å². The van der Waals surface area contributed by atoms with Crippen LogP contribution in [-0.4, -0.2) is 29.6 Å². The second-order valence-electron chi connectivity index (χ2n) is 4.38. The summed E-state index contributed by atoms with van der Waals surface area (Å²) in [4.78, 5) is 25.3. The topological polar surface area (TPSA) is 92.9 Å². The number of hydrogen-bond donors (Lipinski definition) is 2. The van der Waals surface area contributed by atoms with Crippen LogP contribution in [0.1, 0.15) is 19.8 Å². The number of anilines is 2. The molecule has 0 radical (unpaired) electrons. The first-order valence-corrected chi connectivity index (χ1v) is 6.08. The number of rotatable bonds is 3. The van der Waals surface area contributed by atoms with E-state index in [0.29, 0.717) is 23.5 Å². The zero-order valence-corrected chi connectivity index (χ0v) is 10.6. The van der Waals surface area contributed by atoms with Crippen LogP contribution < -0.4 is 15.4 Å². The van der Waals surface area contributed by atoms with E-state index in [1.54, 1.807) is 19.1 Å². The maximum Gasteiger partial charge on any atom is 0.274 e. The fourth-order valence-corrected chi connectivity index (χ4v) is 1.95. The average Bonchev–Trinajstić information content (AvgIpc) is 2.38. The SMILES string of the molecule is CC1Oc2ccc(N)cc2N(C(=O)CCCO)C1=O. The van der Waals surface area contributed by atoms with E-state index in [1.165, 1.54) is 6.07 Å². The number of benzene rings is 1. The third-order valence-corrected chi connectivity index (χ3v) is 2.89. The molecule has 1 heterocycles. The maximum atomic E-state index is 12.1. The number of hydrogen-bond acceptors (Lipinski definition) is 5. The molecule has 1 aromatic rings. The quantitative estimate of drug-likeness (QED) is 0.783. The highest BCUT2D eigenvalue weighted by molar-refractivity contribution is 6.18. The first kappa shape index (κ1) is 13.4. The van der Waals surface area contributed by atoms with Crippen molar-refractivity contribution in [2.45, 2.75) is 25.9 Å². The lowest BCUT2D eigenvalue weighted by Crippen LogP contribution is -2.47. The molecule has 3 N–H and O–H groups in total. The number of aliphatic hydroxyl groups excluding tert-OH is 1. The van der Waals surface area contributed by atoms with Gasteiger partial charge in [-0.25, -0.2) is 4.90 Å². The van der Waals surface area contributed by atoms with Crippen LogP contribution in [0.25, 0.3) is 0 Å². The third kappa shape index (κ3) is 2.53. The molecule has 1 aliphatic heterocycles. The average molecular weight is 264 g/mol. The van der Waals surface area contributed by atoms with Gasteiger partial charge in [-0.1, -0.05) is 0 Å². The van der Waals surface area contributed by atoms with Gasteiger partial charge in [-0.05, 0) is 31.5 Å². The summed E-state index contributed by atoms with van der Waals surface area (Å²) in [7, 11) is 0. The lowest BCUT2D eigenvalue weighted by Gasteiger charge is -2.31. The van der Waals surface area contributed by atoms with Crippen LogP contribution in [0.3, 0.4) is 0 Å². The van der Waals surface area contributed by atoms with E-state index >= 15 is 0 Å². The minimum atomic E-state index is -0.714. The van der Waals surface area contributed by atoms with Crippen LogP contribution >= 0.6 is 0 Å². The fraction of sp³-hybridized carbons (Fsp3) is 0.385. The highest BCUT2D eigenvalue weighted by Crippen LogP contribution is 2.36. The first-order valence-electron chi connectivity index (χ1n) is 6.08. The zero-order valence-electron chi connectivity index (χ0n) is 10.6. The van der Waals surface area contributed by atoms with Crippen LogP contribution in [0, 0.1) is 0 Å². The number of amides is 2. The second-order valence-corrected chi connectivity index (χ2v) is 4.38. The Bertz CT molecular complexity index is 515. The van der Waals surface area contributed by atoms with Crippen molar-refractivity contribution >= 4 is 23.2 Å². The number of nitrogen functional groups attached to an aromatic ring is 1. The number of nitrogens with zero attached hydrogens (tertiary/aromatic N) is 1. The molecule has 6 heteroatoms. The summed E-state index contributed by atoms with van der Waals surface area (Å²) in [6, 6.07) is 4.83. The van der Waals surface area contributed by atoms with Crippen molar-refractivity contribution in [3.63, 3.8) is 0 Å². The molecule has 1 unspecified atom stereocenters. The molecule has 1 aromatic carbocycles. The number of imide groups is 1. The Kier molecular flexibility index (Phi) is 3.71. The molecule has 1 atom stereocenters. The van der Waals surface area contributed by atoms with Gasteiger partial charge in [0.05, 0.1) is 5.69 Å². The van der Waals surface area contributed by atoms with Gasteiger partial charge in [0, 0.05) is 18.7 Å². The minimum Gasteiger partial charge on any atom is -0.479 e. The molecule has 1 aliphatic rings. The Morgan fingerprint density at radius 3 is 2.95 bits per heavy atom. The molecule has 0 spiro atoms. The third-order valence-electron chi connectivity index (χ3n) is 2.89. The maximum absolute atomic E-state index is 12.1. The Morgan fingerprint density at radius 2 is 2.26 bits per heavy atom. The van der Waals surface area contributed by atoms with E-state index in [-0.39, 0.29) is 18.9 Å². The van der Waals surface area contributed by atoms with E-state index < -0.39 is 12.0 Å². The van der Waals surface area contributed by atoms with Gasteiger partial charge >= 0.3 is 0 Å². The van der Waals surface area contributed by atoms with Gasteiger partial charge in [-0.3, -0.25) is 9.59 Å². The van der Waals surface area contributed by atoms with Crippen LogP contribution in [0.15, 0.2) is 18.2 Å². The van der Waals surface area contributed by atoms with Crippen LogP contribution in [-0.2, 0) is 9.59 Å². The summed E-state index contributed by atoms with van der Waals surface area (Å²) in [5.41, 5.74) is 6.50. The number of carbonyl (C=O) groups excluding carboxylic acids is 2. The van der Waals surface area contributed by atoms with Crippen molar-refractivity contribution in [3.05, 3.63) is 18.2 Å². The fourth-order valence-electron chi connectivity index (χ4n) is 1.95. The highest BCUT2D eigenvalue weighted by atomic mass is 16.5. The largest absolute Gasteiger partial charge is 0.479 e. The van der Waals surface area contributed by atoms with E-state index in [4.69, 9.17) is 15.6 Å². The summed E-state index contributed by atoms with van der Waals surface area (Å²) >= 11 is 0. The van der Waals surface area contributed by atoms with Crippen molar-refractivity contribution < 1.29 is 19.4 Å².